The van der Waals surface area contributed by atoms with E-state index in [4.69, 9.17) is 27.9 Å². The highest BCUT2D eigenvalue weighted by molar-refractivity contribution is 9.10. The van der Waals surface area contributed by atoms with E-state index < -0.39 is 0 Å². The maximum atomic E-state index is 12.0. The third-order valence-electron chi connectivity index (χ3n) is 2.35. The molecule has 18 heavy (non-hydrogen) atoms. The van der Waals surface area contributed by atoms with Gasteiger partial charge in [-0.2, -0.15) is 0 Å². The van der Waals surface area contributed by atoms with E-state index >= 15 is 0 Å². The van der Waals surface area contributed by atoms with Crippen molar-refractivity contribution in [2.45, 2.75) is 6.61 Å². The molecule has 0 unspecified atom stereocenters. The van der Waals surface area contributed by atoms with Crippen molar-refractivity contribution in [1.82, 2.24) is 9.78 Å². The Labute approximate surface area is 122 Å². The number of aromatic nitrogens is 2. The summed E-state index contributed by atoms with van der Waals surface area (Å²) in [6, 6.07) is 4.95. The molecule has 0 spiro atoms. The molecular weight excluding hydrogens is 343 g/mol. The van der Waals surface area contributed by atoms with Gasteiger partial charge in [0.15, 0.2) is 0 Å². The Morgan fingerprint density at radius 2 is 2.11 bits per heavy atom. The molecule has 0 aliphatic carbocycles. The standard InChI is InChI=1S/C11H9BrCl2N2O2/c1-18-5-9-10(12)11(17)16(15-9)6-2-3-7(13)8(14)4-6/h2-4,15H,5H2,1H3. The summed E-state index contributed by atoms with van der Waals surface area (Å²) in [7, 11) is 1.56. The Hall–Kier alpha value is -0.750. The molecule has 1 aromatic heterocycles. The number of H-pyrrole nitrogens is 1. The maximum Gasteiger partial charge on any atom is 0.285 e. The molecule has 2 rings (SSSR count). The van der Waals surface area contributed by atoms with Crippen LogP contribution in [0.3, 0.4) is 0 Å². The first-order valence-electron chi connectivity index (χ1n) is 4.98. The van der Waals surface area contributed by atoms with Gasteiger partial charge in [0.25, 0.3) is 5.56 Å². The minimum atomic E-state index is -0.208. The summed E-state index contributed by atoms with van der Waals surface area (Å²) in [6.07, 6.45) is 0. The molecule has 0 aliphatic heterocycles. The molecule has 0 aliphatic rings. The van der Waals surface area contributed by atoms with Crippen LogP contribution in [0.1, 0.15) is 5.69 Å². The number of methoxy groups -OCH3 is 1. The second-order valence-electron chi connectivity index (χ2n) is 3.58. The molecule has 0 atom stereocenters. The zero-order valence-electron chi connectivity index (χ0n) is 9.34. The summed E-state index contributed by atoms with van der Waals surface area (Å²) in [5.41, 5.74) is 1.06. The third-order valence-corrected chi connectivity index (χ3v) is 3.91. The highest BCUT2D eigenvalue weighted by Crippen LogP contribution is 2.24. The molecule has 0 bridgehead atoms. The first-order chi connectivity index (χ1) is 8.54. The van der Waals surface area contributed by atoms with Crippen molar-refractivity contribution in [3.05, 3.63) is 48.8 Å². The van der Waals surface area contributed by atoms with E-state index in [1.54, 1.807) is 25.3 Å². The van der Waals surface area contributed by atoms with Gasteiger partial charge in [-0.15, -0.1) is 0 Å². The Morgan fingerprint density at radius 3 is 2.72 bits per heavy atom. The molecule has 1 heterocycles. The number of hydrogen-bond acceptors (Lipinski definition) is 2. The average Bonchev–Trinajstić information content (AvgIpc) is 2.62. The minimum Gasteiger partial charge on any atom is -0.378 e. The van der Waals surface area contributed by atoms with Crippen molar-refractivity contribution in [3.63, 3.8) is 0 Å². The van der Waals surface area contributed by atoms with Crippen molar-refractivity contribution < 1.29 is 4.74 Å². The number of benzene rings is 1. The smallest absolute Gasteiger partial charge is 0.285 e. The number of nitrogens with one attached hydrogen (secondary N) is 1. The van der Waals surface area contributed by atoms with Crippen molar-refractivity contribution in [3.8, 4) is 5.69 Å². The van der Waals surface area contributed by atoms with Crippen LogP contribution in [-0.4, -0.2) is 16.9 Å². The Balaban J connectivity index is 2.54. The summed E-state index contributed by atoms with van der Waals surface area (Å²) in [5.74, 6) is 0. The van der Waals surface area contributed by atoms with E-state index in [2.05, 4.69) is 21.0 Å². The Kier molecular flexibility index (Phi) is 4.17. The van der Waals surface area contributed by atoms with Crippen LogP contribution in [0.4, 0.5) is 0 Å². The van der Waals surface area contributed by atoms with E-state index in [1.165, 1.54) is 4.68 Å². The fraction of sp³-hybridized carbons (Fsp3) is 0.182. The van der Waals surface area contributed by atoms with Crippen molar-refractivity contribution in [1.29, 1.82) is 0 Å². The van der Waals surface area contributed by atoms with Crippen LogP contribution >= 0.6 is 39.1 Å². The molecule has 7 heteroatoms. The second kappa shape index (κ2) is 5.48. The summed E-state index contributed by atoms with van der Waals surface area (Å²) in [5, 5.41) is 3.77. The molecule has 0 amide bonds. The monoisotopic (exact) mass is 350 g/mol. The fourth-order valence-electron chi connectivity index (χ4n) is 1.51. The quantitative estimate of drug-likeness (QED) is 0.921. The van der Waals surface area contributed by atoms with Crippen LogP contribution in [-0.2, 0) is 11.3 Å². The lowest BCUT2D eigenvalue weighted by Crippen LogP contribution is -2.14. The topological polar surface area (TPSA) is 47.0 Å². The van der Waals surface area contributed by atoms with Crippen LogP contribution in [0.2, 0.25) is 10.0 Å². The molecule has 96 valence electrons. The zero-order valence-corrected chi connectivity index (χ0v) is 12.4. The van der Waals surface area contributed by atoms with E-state index in [0.717, 1.165) is 0 Å². The number of halogens is 3. The number of aromatic amines is 1. The molecular formula is C11H9BrCl2N2O2. The molecule has 4 nitrogen and oxygen atoms in total. The summed E-state index contributed by atoms with van der Waals surface area (Å²) >= 11 is 15.0. The summed E-state index contributed by atoms with van der Waals surface area (Å²) < 4.78 is 6.81. The predicted molar refractivity (Wildman–Crippen MR) is 74.8 cm³/mol. The Bertz CT molecular complexity index is 636. The average molecular weight is 352 g/mol. The van der Waals surface area contributed by atoms with Gasteiger partial charge in [0, 0.05) is 7.11 Å². The van der Waals surface area contributed by atoms with Crippen molar-refractivity contribution in [2.24, 2.45) is 0 Å². The molecule has 1 N–H and O–H groups in total. The lowest BCUT2D eigenvalue weighted by atomic mass is 10.3. The fourth-order valence-corrected chi connectivity index (χ4v) is 2.18. The molecule has 0 saturated carbocycles. The first kappa shape index (κ1) is 13.7. The van der Waals surface area contributed by atoms with E-state index in [9.17, 15) is 4.79 Å². The largest absolute Gasteiger partial charge is 0.378 e. The molecule has 2 aromatic rings. The van der Waals surface area contributed by atoms with Crippen LogP contribution in [0, 0.1) is 0 Å². The van der Waals surface area contributed by atoms with Gasteiger partial charge in [0.1, 0.15) is 4.47 Å². The van der Waals surface area contributed by atoms with Gasteiger partial charge in [0.2, 0.25) is 0 Å². The van der Waals surface area contributed by atoms with Gasteiger partial charge in [-0.05, 0) is 34.1 Å². The molecule has 1 aromatic carbocycles. The number of nitrogens with zero attached hydrogens (tertiary/aromatic N) is 1. The first-order valence-corrected chi connectivity index (χ1v) is 6.53. The van der Waals surface area contributed by atoms with E-state index in [-0.39, 0.29) is 5.56 Å². The van der Waals surface area contributed by atoms with Gasteiger partial charge in [-0.25, -0.2) is 4.68 Å². The zero-order chi connectivity index (χ0) is 13.3. The normalized spacial score (nSPS) is 10.9. The lowest BCUT2D eigenvalue weighted by molar-refractivity contribution is 0.180. The van der Waals surface area contributed by atoms with Gasteiger partial charge in [0.05, 0.1) is 28.0 Å². The van der Waals surface area contributed by atoms with Crippen LogP contribution in [0.5, 0.6) is 0 Å². The third kappa shape index (κ3) is 2.49. The van der Waals surface area contributed by atoms with Crippen LogP contribution < -0.4 is 5.56 Å². The molecule has 0 saturated heterocycles. The highest BCUT2D eigenvalue weighted by atomic mass is 79.9. The van der Waals surface area contributed by atoms with E-state index in [1.807, 2.05) is 0 Å². The lowest BCUT2D eigenvalue weighted by Gasteiger charge is -2.03. The molecule has 0 radical (unpaired) electrons. The van der Waals surface area contributed by atoms with Gasteiger partial charge < -0.3 is 4.74 Å². The van der Waals surface area contributed by atoms with Crippen LogP contribution in [0.25, 0.3) is 5.69 Å². The van der Waals surface area contributed by atoms with Gasteiger partial charge in [-0.3, -0.25) is 9.89 Å². The number of rotatable bonds is 3. The SMILES string of the molecule is COCc1[nH]n(-c2ccc(Cl)c(Cl)c2)c(=O)c1Br. The summed E-state index contributed by atoms with van der Waals surface area (Å²) in [6.45, 7) is 0.310. The van der Waals surface area contributed by atoms with Gasteiger partial charge >= 0.3 is 0 Å². The molecule has 0 fully saturated rings. The van der Waals surface area contributed by atoms with Crippen LogP contribution in [0.15, 0.2) is 27.5 Å². The second-order valence-corrected chi connectivity index (χ2v) is 5.18. The summed E-state index contributed by atoms with van der Waals surface area (Å²) in [4.78, 5) is 12.0. The van der Waals surface area contributed by atoms with Crippen molar-refractivity contribution >= 4 is 39.1 Å². The Morgan fingerprint density at radius 1 is 1.39 bits per heavy atom. The number of hydrogen-bond donors (Lipinski definition) is 1. The van der Waals surface area contributed by atoms with Crippen molar-refractivity contribution in [2.75, 3.05) is 7.11 Å². The maximum absolute atomic E-state index is 12.0. The highest BCUT2D eigenvalue weighted by Gasteiger charge is 2.13. The van der Waals surface area contributed by atoms with E-state index in [0.29, 0.717) is 32.5 Å². The predicted octanol–water partition coefficient (Wildman–Crippen LogP) is 3.38. The van der Waals surface area contributed by atoms with Gasteiger partial charge in [-0.1, -0.05) is 23.2 Å². The minimum absolute atomic E-state index is 0.208. The number of ether oxygens (including phenoxy) is 1.